The molecule has 0 N–H and O–H groups in total. The molecule has 0 spiro atoms. The van der Waals surface area contributed by atoms with E-state index in [4.69, 9.17) is 0 Å². The molecule has 1 heterocycles. The largest absolute Gasteiger partial charge is 0.417 e. The third-order valence-corrected chi connectivity index (χ3v) is 2.91. The highest BCUT2D eigenvalue weighted by Gasteiger charge is 2.36. The predicted molar refractivity (Wildman–Crippen MR) is 67.4 cm³/mol. The molecule has 0 bridgehead atoms. The van der Waals surface area contributed by atoms with Gasteiger partial charge in [-0.1, -0.05) is 6.92 Å². The minimum absolute atomic E-state index is 0.132. The van der Waals surface area contributed by atoms with Crippen LogP contribution in [0.4, 0.5) is 17.6 Å². The van der Waals surface area contributed by atoms with Crippen molar-refractivity contribution in [3.63, 3.8) is 0 Å². The van der Waals surface area contributed by atoms with Crippen molar-refractivity contribution in [3.05, 3.63) is 53.4 Å². The van der Waals surface area contributed by atoms with E-state index in [1.807, 2.05) is 6.92 Å². The first-order valence-corrected chi connectivity index (χ1v) is 6.27. The Labute approximate surface area is 118 Å². The number of ketones is 1. The quantitative estimate of drug-likeness (QED) is 0.637. The van der Waals surface area contributed by atoms with Crippen molar-refractivity contribution >= 4 is 5.78 Å². The highest BCUT2D eigenvalue weighted by molar-refractivity contribution is 6.07. The van der Waals surface area contributed by atoms with Crippen molar-refractivity contribution in [1.82, 2.24) is 9.55 Å². The van der Waals surface area contributed by atoms with Crippen LogP contribution in [-0.4, -0.2) is 15.3 Å². The maximum Gasteiger partial charge on any atom is 0.417 e. The highest BCUT2D eigenvalue weighted by atomic mass is 19.4. The lowest BCUT2D eigenvalue weighted by atomic mass is 10.0. The summed E-state index contributed by atoms with van der Waals surface area (Å²) in [5, 5.41) is 0. The van der Waals surface area contributed by atoms with Crippen LogP contribution in [0, 0.1) is 5.82 Å². The number of hydrogen-bond acceptors (Lipinski definition) is 2. The van der Waals surface area contributed by atoms with E-state index in [1.54, 1.807) is 0 Å². The van der Waals surface area contributed by atoms with Gasteiger partial charge in [-0.2, -0.15) is 13.2 Å². The minimum Gasteiger partial charge on any atom is -0.328 e. The van der Waals surface area contributed by atoms with Crippen LogP contribution in [0.15, 0.2) is 30.6 Å². The molecule has 3 nitrogen and oxygen atoms in total. The molecule has 0 saturated heterocycles. The fourth-order valence-corrected chi connectivity index (χ4v) is 2.01. The number of carbonyl (C=O) groups excluding carboxylic acids is 1. The van der Waals surface area contributed by atoms with Gasteiger partial charge in [0.15, 0.2) is 5.82 Å². The summed E-state index contributed by atoms with van der Waals surface area (Å²) in [5.41, 5.74) is -1.90. The van der Waals surface area contributed by atoms with Crippen LogP contribution in [0.2, 0.25) is 0 Å². The highest BCUT2D eigenvalue weighted by Crippen LogP contribution is 2.33. The van der Waals surface area contributed by atoms with E-state index in [-0.39, 0.29) is 5.82 Å². The van der Waals surface area contributed by atoms with Gasteiger partial charge in [0, 0.05) is 24.5 Å². The van der Waals surface area contributed by atoms with Gasteiger partial charge in [-0.15, -0.1) is 0 Å². The van der Waals surface area contributed by atoms with E-state index in [0.29, 0.717) is 31.2 Å². The fourth-order valence-electron chi connectivity index (χ4n) is 2.01. The maximum absolute atomic E-state index is 13.2. The summed E-state index contributed by atoms with van der Waals surface area (Å²) >= 11 is 0. The Morgan fingerprint density at radius 3 is 2.67 bits per heavy atom. The van der Waals surface area contributed by atoms with Gasteiger partial charge in [0.2, 0.25) is 5.78 Å². The topological polar surface area (TPSA) is 34.9 Å². The third kappa shape index (κ3) is 3.12. The summed E-state index contributed by atoms with van der Waals surface area (Å²) in [6.45, 7) is 2.30. The van der Waals surface area contributed by atoms with Gasteiger partial charge in [0.1, 0.15) is 5.82 Å². The number of nitrogens with zero attached hydrogens (tertiary/aromatic N) is 2. The molecule has 0 aliphatic carbocycles. The first-order valence-electron chi connectivity index (χ1n) is 6.27. The van der Waals surface area contributed by atoms with E-state index < -0.39 is 28.9 Å². The molecular formula is C14H12F4N2O. The van der Waals surface area contributed by atoms with Crippen LogP contribution < -0.4 is 0 Å². The first-order chi connectivity index (χ1) is 9.84. The molecule has 2 rings (SSSR count). The van der Waals surface area contributed by atoms with Crippen LogP contribution in [0.5, 0.6) is 0 Å². The van der Waals surface area contributed by atoms with E-state index >= 15 is 0 Å². The van der Waals surface area contributed by atoms with Crippen molar-refractivity contribution in [2.75, 3.05) is 0 Å². The second-order valence-corrected chi connectivity index (χ2v) is 4.46. The molecule has 0 aliphatic heterocycles. The lowest BCUT2D eigenvalue weighted by Crippen LogP contribution is -2.17. The second-order valence-electron chi connectivity index (χ2n) is 4.46. The van der Waals surface area contributed by atoms with Crippen LogP contribution in [0.1, 0.15) is 35.1 Å². The number of carbonyl (C=O) groups is 1. The maximum atomic E-state index is 13.2. The van der Waals surface area contributed by atoms with Crippen LogP contribution >= 0.6 is 0 Å². The van der Waals surface area contributed by atoms with Crippen LogP contribution in [0.25, 0.3) is 0 Å². The summed E-state index contributed by atoms with van der Waals surface area (Å²) in [4.78, 5) is 16.1. The van der Waals surface area contributed by atoms with E-state index in [9.17, 15) is 22.4 Å². The van der Waals surface area contributed by atoms with Gasteiger partial charge in [-0.25, -0.2) is 9.37 Å². The van der Waals surface area contributed by atoms with Crippen molar-refractivity contribution < 1.29 is 22.4 Å². The molecule has 0 atom stereocenters. The molecular weight excluding hydrogens is 288 g/mol. The van der Waals surface area contributed by atoms with Crippen molar-refractivity contribution in [2.45, 2.75) is 26.1 Å². The molecule has 1 aromatic heterocycles. The molecule has 2 aromatic rings. The summed E-state index contributed by atoms with van der Waals surface area (Å²) in [7, 11) is 0. The first kappa shape index (κ1) is 15.2. The minimum atomic E-state index is -4.74. The molecule has 0 amide bonds. The standard InChI is InChI=1S/C14H12F4N2O/c1-2-6-20-7-5-19-13(20)12(21)10-8-9(15)3-4-11(10)14(16,17)18/h3-5,7-8H,2,6H2,1H3. The predicted octanol–water partition coefficient (Wildman–Crippen LogP) is 3.68. The molecule has 0 fully saturated rings. The number of benzene rings is 1. The number of aromatic nitrogens is 2. The summed E-state index contributed by atoms with van der Waals surface area (Å²) in [5.74, 6) is -1.98. The molecule has 0 aliphatic rings. The second kappa shape index (κ2) is 5.67. The van der Waals surface area contributed by atoms with Crippen molar-refractivity contribution in [2.24, 2.45) is 0 Å². The molecule has 7 heteroatoms. The molecule has 0 radical (unpaired) electrons. The van der Waals surface area contributed by atoms with Gasteiger partial charge in [-0.3, -0.25) is 4.79 Å². The Morgan fingerprint density at radius 1 is 1.33 bits per heavy atom. The Bertz CT molecular complexity index is 661. The number of alkyl halides is 3. The molecule has 1 aromatic carbocycles. The number of rotatable bonds is 4. The Hall–Kier alpha value is -2.18. The Kier molecular flexibility index (Phi) is 4.11. The average Bonchev–Trinajstić information content (AvgIpc) is 2.85. The third-order valence-electron chi connectivity index (χ3n) is 2.91. The van der Waals surface area contributed by atoms with Gasteiger partial charge in [-0.05, 0) is 24.6 Å². The molecule has 112 valence electrons. The monoisotopic (exact) mass is 300 g/mol. The summed E-state index contributed by atoms with van der Waals surface area (Å²) in [6, 6.07) is 1.84. The number of hydrogen-bond donors (Lipinski definition) is 0. The number of halogens is 4. The van der Waals surface area contributed by atoms with Crippen molar-refractivity contribution in [3.8, 4) is 0 Å². The van der Waals surface area contributed by atoms with Gasteiger partial charge >= 0.3 is 6.18 Å². The SMILES string of the molecule is CCCn1ccnc1C(=O)c1cc(F)ccc1C(F)(F)F. The zero-order chi connectivity index (χ0) is 15.6. The van der Waals surface area contributed by atoms with E-state index in [1.165, 1.54) is 17.0 Å². The Morgan fingerprint density at radius 2 is 2.05 bits per heavy atom. The van der Waals surface area contributed by atoms with Crippen molar-refractivity contribution in [1.29, 1.82) is 0 Å². The smallest absolute Gasteiger partial charge is 0.328 e. The average molecular weight is 300 g/mol. The molecule has 0 unspecified atom stereocenters. The van der Waals surface area contributed by atoms with Crippen LogP contribution in [0.3, 0.4) is 0 Å². The Balaban J connectivity index is 2.52. The fraction of sp³-hybridized carbons (Fsp3) is 0.286. The van der Waals surface area contributed by atoms with Gasteiger partial charge < -0.3 is 4.57 Å². The van der Waals surface area contributed by atoms with Gasteiger partial charge in [0.05, 0.1) is 5.56 Å². The molecule has 0 saturated carbocycles. The van der Waals surface area contributed by atoms with Crippen LogP contribution in [-0.2, 0) is 12.7 Å². The normalized spacial score (nSPS) is 11.7. The zero-order valence-corrected chi connectivity index (χ0v) is 11.1. The lowest BCUT2D eigenvalue weighted by molar-refractivity contribution is -0.137. The van der Waals surface area contributed by atoms with Gasteiger partial charge in [0.25, 0.3) is 0 Å². The zero-order valence-electron chi connectivity index (χ0n) is 11.1. The number of imidazole rings is 1. The lowest BCUT2D eigenvalue weighted by Gasteiger charge is -2.12. The molecule has 21 heavy (non-hydrogen) atoms. The van der Waals surface area contributed by atoms with E-state index in [0.717, 1.165) is 0 Å². The van der Waals surface area contributed by atoms with E-state index in [2.05, 4.69) is 4.98 Å². The number of aryl methyl sites for hydroxylation is 1. The summed E-state index contributed by atoms with van der Waals surface area (Å²) < 4.78 is 53.5. The summed E-state index contributed by atoms with van der Waals surface area (Å²) in [6.07, 6.45) is -1.22.